The summed E-state index contributed by atoms with van der Waals surface area (Å²) in [6.07, 6.45) is -0.535. The standard InChI is InChI=1S/C13H17NO4/c1-8-5-9(2)13(18-4)10(6-8)14(3)11(15)7-12(16)17/h5-6H,7H2,1-4H3,(H,16,17). The van der Waals surface area contributed by atoms with Crippen molar-refractivity contribution in [1.29, 1.82) is 0 Å². The average Bonchev–Trinajstić information content (AvgIpc) is 2.26. The second-order valence-corrected chi connectivity index (χ2v) is 4.16. The van der Waals surface area contributed by atoms with Crippen LogP contribution in [0.15, 0.2) is 12.1 Å². The molecule has 1 rings (SSSR count). The Morgan fingerprint density at radius 3 is 2.44 bits per heavy atom. The van der Waals surface area contributed by atoms with Crippen molar-refractivity contribution in [3.8, 4) is 5.75 Å². The van der Waals surface area contributed by atoms with Gasteiger partial charge in [0, 0.05) is 7.05 Å². The number of hydrogen-bond donors (Lipinski definition) is 1. The minimum Gasteiger partial charge on any atom is -0.494 e. The van der Waals surface area contributed by atoms with Gasteiger partial charge in [0.2, 0.25) is 5.91 Å². The van der Waals surface area contributed by atoms with E-state index in [0.29, 0.717) is 11.4 Å². The minimum atomic E-state index is -1.14. The number of methoxy groups -OCH3 is 1. The minimum absolute atomic E-state index is 0.481. The first-order valence-electron chi connectivity index (χ1n) is 5.50. The Kier molecular flexibility index (Phi) is 4.31. The predicted molar refractivity (Wildman–Crippen MR) is 68.1 cm³/mol. The Hall–Kier alpha value is -2.04. The summed E-state index contributed by atoms with van der Waals surface area (Å²) in [5.74, 6) is -1.04. The van der Waals surface area contributed by atoms with Crippen LogP contribution in [0.1, 0.15) is 17.5 Å². The lowest BCUT2D eigenvalue weighted by Gasteiger charge is -2.21. The molecular formula is C13H17NO4. The molecule has 0 bridgehead atoms. The number of carbonyl (C=O) groups excluding carboxylic acids is 1. The maximum Gasteiger partial charge on any atom is 0.312 e. The third kappa shape index (κ3) is 3.00. The number of aliphatic carboxylic acids is 1. The van der Waals surface area contributed by atoms with E-state index < -0.39 is 18.3 Å². The molecule has 5 nitrogen and oxygen atoms in total. The van der Waals surface area contributed by atoms with E-state index in [-0.39, 0.29) is 0 Å². The van der Waals surface area contributed by atoms with Gasteiger partial charge >= 0.3 is 5.97 Å². The second kappa shape index (κ2) is 5.53. The van der Waals surface area contributed by atoms with Crippen LogP contribution in [0.4, 0.5) is 5.69 Å². The van der Waals surface area contributed by atoms with Gasteiger partial charge in [0.15, 0.2) is 0 Å². The largest absolute Gasteiger partial charge is 0.494 e. The summed E-state index contributed by atoms with van der Waals surface area (Å²) < 4.78 is 5.27. The van der Waals surface area contributed by atoms with Crippen LogP contribution in [0.2, 0.25) is 0 Å². The number of benzene rings is 1. The van der Waals surface area contributed by atoms with E-state index in [1.165, 1.54) is 12.0 Å². The lowest BCUT2D eigenvalue weighted by Crippen LogP contribution is -2.28. The van der Waals surface area contributed by atoms with Crippen molar-refractivity contribution in [2.45, 2.75) is 20.3 Å². The zero-order valence-electron chi connectivity index (χ0n) is 11.0. The van der Waals surface area contributed by atoms with Crippen LogP contribution in [0.25, 0.3) is 0 Å². The Bertz CT molecular complexity index is 482. The van der Waals surface area contributed by atoms with Crippen LogP contribution in [0.3, 0.4) is 0 Å². The van der Waals surface area contributed by atoms with Gasteiger partial charge in [0.1, 0.15) is 12.2 Å². The molecule has 1 aromatic rings. The SMILES string of the molecule is COc1c(C)cc(C)cc1N(C)C(=O)CC(=O)O. The van der Waals surface area contributed by atoms with Gasteiger partial charge in [-0.3, -0.25) is 9.59 Å². The molecule has 0 atom stereocenters. The zero-order valence-corrected chi connectivity index (χ0v) is 11.0. The summed E-state index contributed by atoms with van der Waals surface area (Å²) in [5, 5.41) is 8.64. The van der Waals surface area contributed by atoms with E-state index in [9.17, 15) is 9.59 Å². The topological polar surface area (TPSA) is 66.8 Å². The molecular weight excluding hydrogens is 234 g/mol. The molecule has 1 N–H and O–H groups in total. The van der Waals surface area contributed by atoms with Crippen molar-refractivity contribution in [2.75, 3.05) is 19.1 Å². The van der Waals surface area contributed by atoms with Crippen molar-refractivity contribution in [2.24, 2.45) is 0 Å². The van der Waals surface area contributed by atoms with Crippen molar-refractivity contribution in [3.05, 3.63) is 23.3 Å². The maximum atomic E-state index is 11.7. The van der Waals surface area contributed by atoms with E-state index in [1.54, 1.807) is 13.1 Å². The number of anilines is 1. The second-order valence-electron chi connectivity index (χ2n) is 4.16. The van der Waals surface area contributed by atoms with Gasteiger partial charge < -0.3 is 14.7 Å². The van der Waals surface area contributed by atoms with Crippen LogP contribution < -0.4 is 9.64 Å². The number of carbonyl (C=O) groups is 2. The molecule has 1 amide bonds. The fraction of sp³-hybridized carbons (Fsp3) is 0.385. The third-order valence-corrected chi connectivity index (χ3v) is 2.64. The molecule has 0 radical (unpaired) electrons. The average molecular weight is 251 g/mol. The van der Waals surface area contributed by atoms with E-state index in [4.69, 9.17) is 9.84 Å². The molecule has 0 spiro atoms. The Morgan fingerprint density at radius 2 is 1.94 bits per heavy atom. The zero-order chi connectivity index (χ0) is 13.9. The predicted octanol–water partition coefficient (Wildman–Crippen LogP) is 1.75. The summed E-state index contributed by atoms with van der Waals surface area (Å²) in [4.78, 5) is 23.6. The molecule has 0 unspecified atom stereocenters. The summed E-state index contributed by atoms with van der Waals surface area (Å²) in [6, 6.07) is 3.74. The fourth-order valence-corrected chi connectivity index (χ4v) is 1.83. The number of ether oxygens (including phenoxy) is 1. The molecule has 0 aromatic heterocycles. The molecule has 0 aliphatic carbocycles. The first-order chi connectivity index (χ1) is 8.36. The summed E-state index contributed by atoms with van der Waals surface area (Å²) in [6.45, 7) is 3.79. The molecule has 0 aliphatic rings. The highest BCUT2D eigenvalue weighted by molar-refractivity contribution is 6.03. The Balaban J connectivity index is 3.15. The third-order valence-electron chi connectivity index (χ3n) is 2.64. The molecule has 18 heavy (non-hydrogen) atoms. The van der Waals surface area contributed by atoms with Crippen LogP contribution in [0.5, 0.6) is 5.75 Å². The van der Waals surface area contributed by atoms with E-state index >= 15 is 0 Å². The lowest BCUT2D eigenvalue weighted by atomic mass is 10.1. The van der Waals surface area contributed by atoms with Gasteiger partial charge in [-0.15, -0.1) is 0 Å². The molecule has 1 aromatic carbocycles. The van der Waals surface area contributed by atoms with Gasteiger partial charge in [0.05, 0.1) is 12.8 Å². The fourth-order valence-electron chi connectivity index (χ4n) is 1.83. The van der Waals surface area contributed by atoms with E-state index in [2.05, 4.69) is 0 Å². The van der Waals surface area contributed by atoms with Crippen molar-refractivity contribution in [3.63, 3.8) is 0 Å². The van der Waals surface area contributed by atoms with E-state index in [0.717, 1.165) is 11.1 Å². The molecule has 0 heterocycles. The smallest absolute Gasteiger partial charge is 0.312 e. The summed E-state index contributed by atoms with van der Waals surface area (Å²) in [7, 11) is 3.07. The number of carboxylic acids is 1. The number of nitrogens with zero attached hydrogens (tertiary/aromatic N) is 1. The lowest BCUT2D eigenvalue weighted by molar-refractivity contribution is -0.140. The molecule has 0 aliphatic heterocycles. The Labute approximate surface area is 106 Å². The van der Waals surface area contributed by atoms with Crippen LogP contribution in [0, 0.1) is 13.8 Å². The van der Waals surface area contributed by atoms with Crippen LogP contribution in [-0.4, -0.2) is 31.1 Å². The molecule has 0 fully saturated rings. The Morgan fingerprint density at radius 1 is 1.33 bits per heavy atom. The molecule has 0 saturated heterocycles. The maximum absolute atomic E-state index is 11.7. The highest BCUT2D eigenvalue weighted by atomic mass is 16.5. The van der Waals surface area contributed by atoms with Crippen molar-refractivity contribution < 1.29 is 19.4 Å². The number of amides is 1. The van der Waals surface area contributed by atoms with Gasteiger partial charge in [-0.05, 0) is 31.0 Å². The summed E-state index contributed by atoms with van der Waals surface area (Å²) >= 11 is 0. The summed E-state index contributed by atoms with van der Waals surface area (Å²) in [5.41, 5.74) is 2.47. The number of hydrogen-bond acceptors (Lipinski definition) is 3. The van der Waals surface area contributed by atoms with Gasteiger partial charge in [-0.2, -0.15) is 0 Å². The molecule has 5 heteroatoms. The first kappa shape index (κ1) is 14.0. The number of aryl methyl sites for hydroxylation is 2. The normalized spacial score (nSPS) is 10.0. The highest BCUT2D eigenvalue weighted by Gasteiger charge is 2.19. The van der Waals surface area contributed by atoms with Crippen LogP contribution in [-0.2, 0) is 9.59 Å². The van der Waals surface area contributed by atoms with E-state index in [1.807, 2.05) is 19.9 Å². The van der Waals surface area contributed by atoms with Crippen LogP contribution >= 0.6 is 0 Å². The first-order valence-corrected chi connectivity index (χ1v) is 5.50. The van der Waals surface area contributed by atoms with Crippen molar-refractivity contribution in [1.82, 2.24) is 0 Å². The van der Waals surface area contributed by atoms with Gasteiger partial charge in [-0.25, -0.2) is 0 Å². The highest BCUT2D eigenvalue weighted by Crippen LogP contribution is 2.32. The van der Waals surface area contributed by atoms with Gasteiger partial charge in [-0.1, -0.05) is 6.07 Å². The number of carboxylic acid groups (broad SMARTS) is 1. The number of rotatable bonds is 4. The van der Waals surface area contributed by atoms with Crippen molar-refractivity contribution >= 4 is 17.6 Å². The molecule has 98 valence electrons. The monoisotopic (exact) mass is 251 g/mol. The van der Waals surface area contributed by atoms with Gasteiger partial charge in [0.25, 0.3) is 0 Å². The molecule has 0 saturated carbocycles. The quantitative estimate of drug-likeness (QED) is 0.828.